The molecule has 0 amide bonds. The largest absolute Gasteiger partial charge is 0.506 e. The fourth-order valence-electron chi connectivity index (χ4n) is 1.15. The number of pyridine rings is 1. The van der Waals surface area contributed by atoms with Gasteiger partial charge in [0, 0.05) is 5.69 Å². The Labute approximate surface area is 73.3 Å². The van der Waals surface area contributed by atoms with Gasteiger partial charge in [-0.2, -0.15) is 0 Å². The third kappa shape index (κ3) is 1.58. The van der Waals surface area contributed by atoms with Gasteiger partial charge in [-0.05, 0) is 31.4 Å². The summed E-state index contributed by atoms with van der Waals surface area (Å²) in [6.45, 7) is 7.92. The second-order valence-electron chi connectivity index (χ2n) is 3.45. The molecule has 1 rings (SSSR count). The predicted molar refractivity (Wildman–Crippen MR) is 49.5 cm³/mol. The molecule has 0 bridgehead atoms. The SMILES string of the molecule is Cc1cc(C(C)C)nc(C)c1O. The normalized spacial score (nSPS) is 10.8. The molecule has 0 aliphatic heterocycles. The molecular formula is C10H15NO. The maximum absolute atomic E-state index is 9.45. The van der Waals surface area contributed by atoms with Gasteiger partial charge in [0.2, 0.25) is 0 Å². The molecule has 2 nitrogen and oxygen atoms in total. The highest BCUT2D eigenvalue weighted by molar-refractivity contribution is 5.36. The van der Waals surface area contributed by atoms with Crippen molar-refractivity contribution in [1.29, 1.82) is 0 Å². The van der Waals surface area contributed by atoms with E-state index in [1.807, 2.05) is 19.9 Å². The number of aromatic hydroxyl groups is 1. The molecule has 66 valence electrons. The molecule has 1 heterocycles. The molecule has 1 N–H and O–H groups in total. The van der Waals surface area contributed by atoms with Crippen LogP contribution in [-0.2, 0) is 0 Å². The van der Waals surface area contributed by atoms with Crippen LogP contribution < -0.4 is 0 Å². The fraction of sp³-hybridized carbons (Fsp3) is 0.500. The van der Waals surface area contributed by atoms with Crippen LogP contribution in [0.4, 0.5) is 0 Å². The van der Waals surface area contributed by atoms with Gasteiger partial charge in [0.05, 0.1) is 5.69 Å². The lowest BCUT2D eigenvalue weighted by atomic mass is 10.1. The summed E-state index contributed by atoms with van der Waals surface area (Å²) in [5, 5.41) is 9.45. The van der Waals surface area contributed by atoms with Gasteiger partial charge in [-0.3, -0.25) is 4.98 Å². The average Bonchev–Trinajstić information content (AvgIpc) is 1.99. The molecule has 0 saturated heterocycles. The van der Waals surface area contributed by atoms with Crippen molar-refractivity contribution in [2.45, 2.75) is 33.6 Å². The van der Waals surface area contributed by atoms with Crippen LogP contribution in [-0.4, -0.2) is 10.1 Å². The number of aromatic nitrogens is 1. The molecule has 1 aromatic rings. The topological polar surface area (TPSA) is 33.1 Å². The molecule has 2 heteroatoms. The lowest BCUT2D eigenvalue weighted by Gasteiger charge is -2.08. The molecule has 12 heavy (non-hydrogen) atoms. The summed E-state index contributed by atoms with van der Waals surface area (Å²) in [6, 6.07) is 1.94. The first kappa shape index (κ1) is 9.04. The first-order chi connectivity index (χ1) is 5.52. The summed E-state index contributed by atoms with van der Waals surface area (Å²) in [5.41, 5.74) is 2.67. The van der Waals surface area contributed by atoms with Gasteiger partial charge < -0.3 is 5.11 Å². The summed E-state index contributed by atoms with van der Waals surface area (Å²) >= 11 is 0. The zero-order valence-corrected chi connectivity index (χ0v) is 8.05. The summed E-state index contributed by atoms with van der Waals surface area (Å²) in [6.07, 6.45) is 0. The molecule has 1 aromatic heterocycles. The van der Waals surface area contributed by atoms with E-state index in [1.54, 1.807) is 0 Å². The zero-order chi connectivity index (χ0) is 9.30. The van der Waals surface area contributed by atoms with Gasteiger partial charge in [-0.25, -0.2) is 0 Å². The van der Waals surface area contributed by atoms with Crippen molar-refractivity contribution in [2.24, 2.45) is 0 Å². The Kier molecular flexibility index (Phi) is 2.36. The molecule has 0 aliphatic rings. The minimum Gasteiger partial charge on any atom is -0.506 e. The van der Waals surface area contributed by atoms with Crippen molar-refractivity contribution in [3.05, 3.63) is 23.0 Å². The first-order valence-electron chi connectivity index (χ1n) is 4.19. The number of hydrogen-bond acceptors (Lipinski definition) is 2. The Hall–Kier alpha value is -1.05. The first-order valence-corrected chi connectivity index (χ1v) is 4.19. The monoisotopic (exact) mass is 165 g/mol. The Morgan fingerprint density at radius 2 is 1.92 bits per heavy atom. The predicted octanol–water partition coefficient (Wildman–Crippen LogP) is 2.53. The lowest BCUT2D eigenvalue weighted by molar-refractivity contribution is 0.462. The Morgan fingerprint density at radius 1 is 1.33 bits per heavy atom. The van der Waals surface area contributed by atoms with Crippen LogP contribution in [0.2, 0.25) is 0 Å². The summed E-state index contributed by atoms with van der Waals surface area (Å²) in [7, 11) is 0. The van der Waals surface area contributed by atoms with E-state index in [9.17, 15) is 5.11 Å². The van der Waals surface area contributed by atoms with E-state index in [4.69, 9.17) is 0 Å². The van der Waals surface area contributed by atoms with Crippen molar-refractivity contribution >= 4 is 0 Å². The van der Waals surface area contributed by atoms with E-state index < -0.39 is 0 Å². The van der Waals surface area contributed by atoms with Gasteiger partial charge in [-0.15, -0.1) is 0 Å². The third-order valence-electron chi connectivity index (χ3n) is 1.97. The van der Waals surface area contributed by atoms with Crippen LogP contribution in [0.3, 0.4) is 0 Å². The standard InChI is InChI=1S/C10H15NO/c1-6(2)9-5-7(3)10(12)8(4)11-9/h5-6,12H,1-4H3. The van der Waals surface area contributed by atoms with E-state index in [2.05, 4.69) is 18.8 Å². The van der Waals surface area contributed by atoms with Gasteiger partial charge in [0.1, 0.15) is 5.75 Å². The molecule has 0 aromatic carbocycles. The van der Waals surface area contributed by atoms with E-state index in [0.29, 0.717) is 11.7 Å². The molecule has 0 aliphatic carbocycles. The molecule has 0 spiro atoms. The van der Waals surface area contributed by atoms with Crippen LogP contribution >= 0.6 is 0 Å². The van der Waals surface area contributed by atoms with E-state index >= 15 is 0 Å². The number of aryl methyl sites for hydroxylation is 2. The molecule has 0 radical (unpaired) electrons. The number of nitrogens with zero attached hydrogens (tertiary/aromatic N) is 1. The van der Waals surface area contributed by atoms with E-state index in [-0.39, 0.29) is 0 Å². The summed E-state index contributed by atoms with van der Waals surface area (Å²) < 4.78 is 0. The lowest BCUT2D eigenvalue weighted by Crippen LogP contribution is -1.96. The molecule has 0 atom stereocenters. The van der Waals surface area contributed by atoms with Gasteiger partial charge >= 0.3 is 0 Å². The van der Waals surface area contributed by atoms with Crippen LogP contribution in [0.15, 0.2) is 6.07 Å². The maximum Gasteiger partial charge on any atom is 0.139 e. The van der Waals surface area contributed by atoms with Crippen LogP contribution in [0.1, 0.15) is 36.7 Å². The molecule has 0 saturated carbocycles. The maximum atomic E-state index is 9.45. The van der Waals surface area contributed by atoms with Gasteiger partial charge in [0.15, 0.2) is 0 Å². The highest BCUT2D eigenvalue weighted by Crippen LogP contribution is 2.23. The van der Waals surface area contributed by atoms with Crippen molar-refractivity contribution in [3.63, 3.8) is 0 Å². The van der Waals surface area contributed by atoms with Crippen molar-refractivity contribution < 1.29 is 5.11 Å². The van der Waals surface area contributed by atoms with Crippen LogP contribution in [0.5, 0.6) is 5.75 Å². The average molecular weight is 165 g/mol. The van der Waals surface area contributed by atoms with Crippen molar-refractivity contribution in [3.8, 4) is 5.75 Å². The third-order valence-corrected chi connectivity index (χ3v) is 1.97. The second-order valence-corrected chi connectivity index (χ2v) is 3.45. The van der Waals surface area contributed by atoms with E-state index in [0.717, 1.165) is 17.0 Å². The quantitative estimate of drug-likeness (QED) is 0.693. The number of rotatable bonds is 1. The zero-order valence-electron chi connectivity index (χ0n) is 8.05. The Balaban J connectivity index is 3.21. The summed E-state index contributed by atoms with van der Waals surface area (Å²) in [4.78, 5) is 4.28. The molecule has 0 unspecified atom stereocenters. The highest BCUT2D eigenvalue weighted by atomic mass is 16.3. The van der Waals surface area contributed by atoms with Crippen LogP contribution in [0, 0.1) is 13.8 Å². The molecule has 0 fully saturated rings. The minimum absolute atomic E-state index is 0.319. The van der Waals surface area contributed by atoms with Gasteiger partial charge in [-0.1, -0.05) is 13.8 Å². The van der Waals surface area contributed by atoms with Crippen LogP contribution in [0.25, 0.3) is 0 Å². The fourth-order valence-corrected chi connectivity index (χ4v) is 1.15. The number of hydrogen-bond donors (Lipinski definition) is 1. The van der Waals surface area contributed by atoms with Crippen molar-refractivity contribution in [1.82, 2.24) is 4.98 Å². The second kappa shape index (κ2) is 3.13. The minimum atomic E-state index is 0.319. The Morgan fingerprint density at radius 3 is 2.33 bits per heavy atom. The highest BCUT2D eigenvalue weighted by Gasteiger charge is 2.06. The smallest absolute Gasteiger partial charge is 0.139 e. The van der Waals surface area contributed by atoms with Crippen molar-refractivity contribution in [2.75, 3.05) is 0 Å². The van der Waals surface area contributed by atoms with Gasteiger partial charge in [0.25, 0.3) is 0 Å². The summed E-state index contributed by atoms with van der Waals surface area (Å²) in [5.74, 6) is 0.738. The van der Waals surface area contributed by atoms with E-state index in [1.165, 1.54) is 0 Å². The molecular weight excluding hydrogens is 150 g/mol. The Bertz CT molecular complexity index is 269.